The smallest absolute Gasteiger partial charge is 0.253 e. The van der Waals surface area contributed by atoms with Crippen molar-refractivity contribution >= 4 is 57.7 Å². The molecule has 1 saturated heterocycles. The van der Waals surface area contributed by atoms with Crippen LogP contribution >= 0.6 is 23.2 Å². The molecule has 1 amide bonds. The van der Waals surface area contributed by atoms with Crippen molar-refractivity contribution in [1.29, 1.82) is 0 Å². The van der Waals surface area contributed by atoms with E-state index in [1.165, 1.54) is 6.08 Å². The number of halogens is 2. The first-order chi connectivity index (χ1) is 17.9. The van der Waals surface area contributed by atoms with Gasteiger partial charge in [-0.05, 0) is 48.0 Å². The van der Waals surface area contributed by atoms with Gasteiger partial charge in [0.2, 0.25) is 11.7 Å². The number of anilines is 1. The molecule has 0 aliphatic carbocycles. The lowest BCUT2D eigenvalue weighted by atomic mass is 10.1. The minimum Gasteiger partial charge on any atom is -0.492 e. The van der Waals surface area contributed by atoms with E-state index in [-0.39, 0.29) is 11.6 Å². The predicted octanol–water partition coefficient (Wildman–Crippen LogP) is 5.50. The van der Waals surface area contributed by atoms with Crippen LogP contribution in [0, 0.1) is 0 Å². The molecular formula is C28H22Cl2N4O3. The fourth-order valence-electron chi connectivity index (χ4n) is 4.21. The van der Waals surface area contributed by atoms with Gasteiger partial charge in [0.1, 0.15) is 0 Å². The van der Waals surface area contributed by atoms with E-state index in [4.69, 9.17) is 23.2 Å². The highest BCUT2D eigenvalue weighted by atomic mass is 35.5. The van der Waals surface area contributed by atoms with Crippen LogP contribution in [0.15, 0.2) is 72.8 Å². The molecule has 3 aromatic carbocycles. The summed E-state index contributed by atoms with van der Waals surface area (Å²) in [6.07, 6.45) is 2.94. The highest BCUT2D eigenvalue weighted by molar-refractivity contribution is 6.43. The molecule has 4 aromatic rings. The Kier molecular flexibility index (Phi) is 7.08. The van der Waals surface area contributed by atoms with Crippen LogP contribution in [0.1, 0.15) is 26.4 Å². The molecule has 1 aromatic heterocycles. The molecule has 7 nitrogen and oxygen atoms in total. The number of ketones is 1. The number of aromatic hydroxyl groups is 1. The Hall–Kier alpha value is -3.94. The number of carbonyl (C=O) groups is 2. The van der Waals surface area contributed by atoms with E-state index in [1.807, 2.05) is 17.0 Å². The molecule has 1 N–H and O–H groups in total. The third-order valence-corrected chi connectivity index (χ3v) is 7.02. The second kappa shape index (κ2) is 10.6. The molecule has 1 aliphatic heterocycles. The van der Waals surface area contributed by atoms with Gasteiger partial charge in [-0.1, -0.05) is 59.6 Å². The van der Waals surface area contributed by atoms with E-state index in [0.717, 1.165) is 11.3 Å². The summed E-state index contributed by atoms with van der Waals surface area (Å²) in [6.45, 7) is 2.43. The first-order valence-electron chi connectivity index (χ1n) is 11.7. The zero-order valence-corrected chi connectivity index (χ0v) is 21.2. The number of rotatable bonds is 5. The Bertz CT molecular complexity index is 1510. The number of nitrogens with zero attached hydrogens (tertiary/aromatic N) is 4. The Morgan fingerprint density at radius 2 is 1.51 bits per heavy atom. The third-order valence-electron chi connectivity index (χ3n) is 6.21. The number of aromatic nitrogens is 2. The summed E-state index contributed by atoms with van der Waals surface area (Å²) in [5.74, 6) is -0.930. The predicted molar refractivity (Wildman–Crippen MR) is 146 cm³/mol. The van der Waals surface area contributed by atoms with Crippen LogP contribution in [-0.4, -0.2) is 57.8 Å². The summed E-state index contributed by atoms with van der Waals surface area (Å²) in [5, 5.41) is 11.2. The molecule has 1 fully saturated rings. The van der Waals surface area contributed by atoms with E-state index >= 15 is 0 Å². The van der Waals surface area contributed by atoms with Crippen LogP contribution in [0.25, 0.3) is 17.1 Å². The number of allylic oxidation sites excluding steroid dienone is 1. The quantitative estimate of drug-likeness (QED) is 0.269. The SMILES string of the molecule is O=C(C=Cc1ccc(C(=O)N2CCN(c3cccc(Cl)c3Cl)CC2)cc1)c1nc2ccccc2nc1O. The van der Waals surface area contributed by atoms with Crippen LogP contribution in [0.3, 0.4) is 0 Å². The van der Waals surface area contributed by atoms with Crippen molar-refractivity contribution in [2.75, 3.05) is 31.1 Å². The first-order valence-corrected chi connectivity index (χ1v) is 12.4. The van der Waals surface area contributed by atoms with Gasteiger partial charge in [0.05, 0.1) is 26.8 Å². The average Bonchev–Trinajstić information content (AvgIpc) is 2.93. The largest absolute Gasteiger partial charge is 0.492 e. The molecule has 2 heterocycles. The van der Waals surface area contributed by atoms with Crippen LogP contribution in [-0.2, 0) is 0 Å². The zero-order valence-electron chi connectivity index (χ0n) is 19.6. The Labute approximate surface area is 223 Å². The van der Waals surface area contributed by atoms with Crippen molar-refractivity contribution in [1.82, 2.24) is 14.9 Å². The van der Waals surface area contributed by atoms with Gasteiger partial charge in [0, 0.05) is 31.7 Å². The van der Waals surface area contributed by atoms with Gasteiger partial charge in [-0.25, -0.2) is 9.97 Å². The maximum Gasteiger partial charge on any atom is 0.253 e. The molecule has 1 aliphatic rings. The van der Waals surface area contributed by atoms with E-state index in [1.54, 1.807) is 60.7 Å². The zero-order chi connectivity index (χ0) is 25.9. The minimum atomic E-state index is -0.464. The van der Waals surface area contributed by atoms with E-state index in [9.17, 15) is 14.7 Å². The highest BCUT2D eigenvalue weighted by Crippen LogP contribution is 2.33. The number of carbonyl (C=O) groups excluding carboxylic acids is 2. The molecule has 37 heavy (non-hydrogen) atoms. The molecule has 0 unspecified atom stereocenters. The van der Waals surface area contributed by atoms with Gasteiger partial charge in [0.25, 0.3) is 5.91 Å². The molecule has 5 rings (SSSR count). The number of piperazine rings is 1. The second-order valence-corrected chi connectivity index (χ2v) is 9.34. The standard InChI is InChI=1S/C28H22Cl2N4O3/c29-20-4-3-7-23(25(20)30)33-14-16-34(17-15-33)28(37)19-11-8-18(9-12-19)10-13-24(35)26-27(36)32-22-6-2-1-5-21(22)31-26/h1-13H,14-17H2,(H,32,36). The number of amides is 1. The molecular weight excluding hydrogens is 511 g/mol. The van der Waals surface area contributed by atoms with Crippen LogP contribution in [0.2, 0.25) is 10.0 Å². The molecule has 186 valence electrons. The van der Waals surface area contributed by atoms with Gasteiger partial charge in [0.15, 0.2) is 5.69 Å². The summed E-state index contributed by atoms with van der Waals surface area (Å²) in [5.41, 5.74) is 3.09. The third kappa shape index (κ3) is 5.28. The number of fused-ring (bicyclic) bond motifs is 1. The highest BCUT2D eigenvalue weighted by Gasteiger charge is 2.24. The number of hydrogen-bond acceptors (Lipinski definition) is 6. The van der Waals surface area contributed by atoms with Crippen LogP contribution in [0.4, 0.5) is 5.69 Å². The van der Waals surface area contributed by atoms with Gasteiger partial charge in [-0.3, -0.25) is 9.59 Å². The maximum atomic E-state index is 13.0. The van der Waals surface area contributed by atoms with Gasteiger partial charge in [-0.15, -0.1) is 0 Å². The Balaban J connectivity index is 1.22. The van der Waals surface area contributed by atoms with E-state index in [0.29, 0.717) is 52.8 Å². The lowest BCUT2D eigenvalue weighted by molar-refractivity contribution is 0.0746. The normalized spacial score (nSPS) is 13.9. The van der Waals surface area contributed by atoms with E-state index < -0.39 is 11.7 Å². The number of benzene rings is 3. The summed E-state index contributed by atoms with van der Waals surface area (Å²) >= 11 is 12.5. The molecule has 0 radical (unpaired) electrons. The Morgan fingerprint density at radius 3 is 2.22 bits per heavy atom. The van der Waals surface area contributed by atoms with Gasteiger partial charge in [-0.2, -0.15) is 0 Å². The molecule has 0 spiro atoms. The topological polar surface area (TPSA) is 86.6 Å². The van der Waals surface area contributed by atoms with Crippen molar-refractivity contribution in [2.45, 2.75) is 0 Å². The lowest BCUT2D eigenvalue weighted by Gasteiger charge is -2.36. The minimum absolute atomic E-state index is 0.0557. The van der Waals surface area contributed by atoms with Crippen molar-refractivity contribution in [2.24, 2.45) is 0 Å². The van der Waals surface area contributed by atoms with Crippen molar-refractivity contribution < 1.29 is 14.7 Å². The monoisotopic (exact) mass is 532 g/mol. The maximum absolute atomic E-state index is 13.0. The summed E-state index contributed by atoms with van der Waals surface area (Å²) in [6, 6.07) is 19.6. The molecule has 0 bridgehead atoms. The molecule has 0 atom stereocenters. The molecule has 0 saturated carbocycles. The van der Waals surface area contributed by atoms with Gasteiger partial charge < -0.3 is 14.9 Å². The first kappa shape index (κ1) is 24.7. The average molecular weight is 533 g/mol. The fraction of sp³-hybridized carbons (Fsp3) is 0.143. The van der Waals surface area contributed by atoms with Crippen LogP contribution < -0.4 is 4.90 Å². The summed E-state index contributed by atoms with van der Waals surface area (Å²) in [4.78, 5) is 37.8. The van der Waals surface area contributed by atoms with Crippen molar-refractivity contribution in [3.8, 4) is 5.88 Å². The van der Waals surface area contributed by atoms with Crippen molar-refractivity contribution in [3.05, 3.63) is 99.7 Å². The summed E-state index contributed by atoms with van der Waals surface area (Å²) in [7, 11) is 0. The Morgan fingerprint density at radius 1 is 0.838 bits per heavy atom. The second-order valence-electron chi connectivity index (χ2n) is 8.56. The lowest BCUT2D eigenvalue weighted by Crippen LogP contribution is -2.48. The molecule has 9 heteroatoms. The fourth-order valence-corrected chi connectivity index (χ4v) is 4.63. The van der Waals surface area contributed by atoms with Gasteiger partial charge >= 0.3 is 0 Å². The summed E-state index contributed by atoms with van der Waals surface area (Å²) < 4.78 is 0. The van der Waals surface area contributed by atoms with Crippen LogP contribution in [0.5, 0.6) is 5.88 Å². The van der Waals surface area contributed by atoms with E-state index in [2.05, 4.69) is 14.9 Å². The van der Waals surface area contributed by atoms with Crippen molar-refractivity contribution in [3.63, 3.8) is 0 Å². The number of para-hydroxylation sites is 2. The number of hydrogen-bond donors (Lipinski definition) is 1.